The number of nitrogens with one attached hydrogen (secondary N) is 3. The van der Waals surface area contributed by atoms with Crippen molar-refractivity contribution in [2.24, 2.45) is 11.8 Å². The zero-order valence-corrected chi connectivity index (χ0v) is 20.1. The molecule has 1 saturated heterocycles. The summed E-state index contributed by atoms with van der Waals surface area (Å²) in [5, 5.41) is 14.3. The third-order valence-corrected chi connectivity index (χ3v) is 7.24. The van der Waals surface area contributed by atoms with Crippen LogP contribution in [0, 0.1) is 11.8 Å². The first-order valence-corrected chi connectivity index (χ1v) is 12.5. The number of pyridine rings is 1. The number of benzene rings is 1. The molecule has 3 N–H and O–H groups in total. The fourth-order valence-corrected chi connectivity index (χ4v) is 5.21. The molecular formula is C26H29N7O3. The number of carbonyl (C=O) groups is 2. The fourth-order valence-electron chi connectivity index (χ4n) is 5.21. The summed E-state index contributed by atoms with van der Waals surface area (Å²) in [6.07, 6.45) is 4.35. The smallest absolute Gasteiger partial charge is 0.410 e. The molecule has 3 aromatic rings. The van der Waals surface area contributed by atoms with Crippen LogP contribution in [0.1, 0.15) is 29.3 Å². The van der Waals surface area contributed by atoms with Gasteiger partial charge in [0.2, 0.25) is 5.95 Å². The van der Waals surface area contributed by atoms with Crippen LogP contribution in [0.5, 0.6) is 0 Å². The van der Waals surface area contributed by atoms with Gasteiger partial charge in [-0.15, -0.1) is 5.10 Å². The van der Waals surface area contributed by atoms with Crippen molar-refractivity contribution in [2.45, 2.75) is 19.4 Å². The van der Waals surface area contributed by atoms with Gasteiger partial charge in [0.25, 0.3) is 5.91 Å². The molecule has 2 aliphatic heterocycles. The molecule has 1 aromatic carbocycles. The average molecular weight is 488 g/mol. The SMILES string of the molecule is CCOC(=O)N1CC=C(c2cccn3nc(Nc4ccc(C(=O)NC5[C@H]6CNC[C@@H]56)cc4)nc23)CC1. The number of anilines is 2. The first kappa shape index (κ1) is 22.5. The van der Waals surface area contributed by atoms with Gasteiger partial charge in [0.05, 0.1) is 6.61 Å². The van der Waals surface area contributed by atoms with Crippen LogP contribution in [0.25, 0.3) is 11.2 Å². The van der Waals surface area contributed by atoms with Crippen LogP contribution in [0.15, 0.2) is 48.7 Å². The van der Waals surface area contributed by atoms with E-state index in [1.165, 1.54) is 0 Å². The Kier molecular flexibility index (Phi) is 5.80. The number of nitrogens with zero attached hydrogens (tertiary/aromatic N) is 4. The molecule has 1 aliphatic carbocycles. The zero-order chi connectivity index (χ0) is 24.6. The molecule has 6 rings (SSSR count). The number of fused-ring (bicyclic) bond motifs is 2. The summed E-state index contributed by atoms with van der Waals surface area (Å²) in [5.74, 6) is 1.62. The average Bonchev–Trinajstić information content (AvgIpc) is 3.23. The van der Waals surface area contributed by atoms with Crippen molar-refractivity contribution in [3.8, 4) is 0 Å². The van der Waals surface area contributed by atoms with Crippen molar-refractivity contribution < 1.29 is 14.3 Å². The van der Waals surface area contributed by atoms with E-state index in [0.717, 1.165) is 42.0 Å². The maximum atomic E-state index is 12.6. The maximum Gasteiger partial charge on any atom is 0.410 e. The second-order valence-electron chi connectivity index (χ2n) is 9.44. The molecule has 1 unspecified atom stereocenters. The third-order valence-electron chi connectivity index (χ3n) is 7.24. The predicted octanol–water partition coefficient (Wildman–Crippen LogP) is 2.67. The molecule has 3 atom stereocenters. The molecule has 0 spiro atoms. The Hall–Kier alpha value is -3.92. The summed E-state index contributed by atoms with van der Waals surface area (Å²) in [5.41, 5.74) is 4.32. The Bertz CT molecular complexity index is 1320. The number of piperidine rings is 1. The minimum Gasteiger partial charge on any atom is -0.450 e. The molecule has 0 radical (unpaired) electrons. The minimum absolute atomic E-state index is 0.0290. The lowest BCUT2D eigenvalue weighted by Gasteiger charge is -2.25. The second-order valence-corrected chi connectivity index (χ2v) is 9.44. The molecule has 0 bridgehead atoms. The van der Waals surface area contributed by atoms with E-state index in [1.807, 2.05) is 55.6 Å². The van der Waals surface area contributed by atoms with Crippen molar-refractivity contribution in [3.05, 3.63) is 59.8 Å². The van der Waals surface area contributed by atoms with E-state index in [4.69, 9.17) is 9.72 Å². The lowest BCUT2D eigenvalue weighted by Crippen LogP contribution is -2.35. The highest BCUT2D eigenvalue weighted by atomic mass is 16.6. The number of ether oxygens (including phenoxy) is 1. The lowest BCUT2D eigenvalue weighted by atomic mass is 10.0. The van der Waals surface area contributed by atoms with E-state index in [1.54, 1.807) is 9.42 Å². The number of rotatable bonds is 6. The second kappa shape index (κ2) is 9.27. The number of hydrogen-bond donors (Lipinski definition) is 3. The Morgan fingerprint density at radius 2 is 1.97 bits per heavy atom. The quantitative estimate of drug-likeness (QED) is 0.490. The van der Waals surface area contributed by atoms with Crippen LogP contribution in [-0.4, -0.2) is 70.3 Å². The van der Waals surface area contributed by atoms with Crippen LogP contribution in [0.2, 0.25) is 0 Å². The summed E-state index contributed by atoms with van der Waals surface area (Å²) < 4.78 is 6.86. The van der Waals surface area contributed by atoms with Gasteiger partial charge in [-0.05, 0) is 67.2 Å². The molecular weight excluding hydrogens is 458 g/mol. The maximum absolute atomic E-state index is 12.6. The Morgan fingerprint density at radius 3 is 2.69 bits per heavy atom. The van der Waals surface area contributed by atoms with Crippen LogP contribution in [0.4, 0.5) is 16.4 Å². The van der Waals surface area contributed by atoms with Crippen LogP contribution in [-0.2, 0) is 4.74 Å². The lowest BCUT2D eigenvalue weighted by molar-refractivity contribution is 0.0946. The fraction of sp³-hybridized carbons (Fsp3) is 0.385. The standard InChI is InChI=1S/C26H29N7O3/c1-2-36-26(35)32-12-9-16(10-13-32)19-4-3-11-33-23(19)30-25(31-33)28-18-7-5-17(6-8-18)24(34)29-22-20-14-27-15-21(20)22/h3-9,11,20-22,27H,2,10,12-15H2,1H3,(H,28,31)(H,29,34)/t20-,21+,22?. The monoisotopic (exact) mass is 487 g/mol. The van der Waals surface area contributed by atoms with E-state index in [9.17, 15) is 9.59 Å². The van der Waals surface area contributed by atoms with Crippen molar-refractivity contribution in [3.63, 3.8) is 0 Å². The van der Waals surface area contributed by atoms with Gasteiger partial charge in [-0.25, -0.2) is 9.31 Å². The largest absolute Gasteiger partial charge is 0.450 e. The Balaban J connectivity index is 1.13. The van der Waals surface area contributed by atoms with Gasteiger partial charge in [0.1, 0.15) is 0 Å². The van der Waals surface area contributed by atoms with E-state index in [0.29, 0.717) is 49.1 Å². The summed E-state index contributed by atoms with van der Waals surface area (Å²) in [7, 11) is 0. The van der Waals surface area contributed by atoms with Gasteiger partial charge in [0.15, 0.2) is 5.65 Å². The zero-order valence-electron chi connectivity index (χ0n) is 20.1. The van der Waals surface area contributed by atoms with Gasteiger partial charge < -0.3 is 25.6 Å². The Morgan fingerprint density at radius 1 is 1.17 bits per heavy atom. The predicted molar refractivity (Wildman–Crippen MR) is 135 cm³/mol. The summed E-state index contributed by atoms with van der Waals surface area (Å²) in [6, 6.07) is 11.6. The molecule has 2 aromatic heterocycles. The first-order chi connectivity index (χ1) is 17.6. The van der Waals surface area contributed by atoms with E-state index < -0.39 is 0 Å². The normalized spacial score (nSPS) is 22.6. The molecule has 1 saturated carbocycles. The molecule has 10 nitrogen and oxygen atoms in total. The van der Waals surface area contributed by atoms with E-state index in [-0.39, 0.29) is 12.0 Å². The van der Waals surface area contributed by atoms with Gasteiger partial charge in [-0.3, -0.25) is 4.79 Å². The highest BCUT2D eigenvalue weighted by Crippen LogP contribution is 2.41. The van der Waals surface area contributed by atoms with Crippen LogP contribution in [0.3, 0.4) is 0 Å². The highest BCUT2D eigenvalue weighted by molar-refractivity contribution is 5.95. The molecule has 36 heavy (non-hydrogen) atoms. The summed E-state index contributed by atoms with van der Waals surface area (Å²) >= 11 is 0. The van der Waals surface area contributed by atoms with Crippen molar-refractivity contribution in [1.29, 1.82) is 0 Å². The topological polar surface area (TPSA) is 113 Å². The van der Waals surface area contributed by atoms with E-state index in [2.05, 4.69) is 21.0 Å². The molecule has 3 aliphatic rings. The number of aromatic nitrogens is 3. The van der Waals surface area contributed by atoms with Crippen LogP contribution >= 0.6 is 0 Å². The van der Waals surface area contributed by atoms with Gasteiger partial charge in [0, 0.05) is 55.2 Å². The van der Waals surface area contributed by atoms with Gasteiger partial charge in [-0.1, -0.05) is 6.08 Å². The molecule has 186 valence electrons. The Labute approximate surface area is 208 Å². The van der Waals surface area contributed by atoms with Gasteiger partial charge >= 0.3 is 6.09 Å². The minimum atomic E-state index is -0.282. The summed E-state index contributed by atoms with van der Waals surface area (Å²) in [4.78, 5) is 31.0. The highest BCUT2D eigenvalue weighted by Gasteiger charge is 2.53. The van der Waals surface area contributed by atoms with Crippen molar-refractivity contribution in [2.75, 3.05) is 38.1 Å². The number of amides is 2. The first-order valence-electron chi connectivity index (χ1n) is 12.5. The van der Waals surface area contributed by atoms with Crippen molar-refractivity contribution in [1.82, 2.24) is 30.1 Å². The molecule has 10 heteroatoms. The number of hydrogen-bond acceptors (Lipinski definition) is 7. The number of carbonyl (C=O) groups excluding carboxylic acids is 2. The third kappa shape index (κ3) is 4.28. The van der Waals surface area contributed by atoms with Gasteiger partial charge in [-0.2, -0.15) is 4.98 Å². The van der Waals surface area contributed by atoms with Crippen molar-refractivity contribution >= 4 is 34.9 Å². The molecule has 4 heterocycles. The molecule has 2 amide bonds. The molecule has 2 fully saturated rings. The van der Waals surface area contributed by atoms with E-state index >= 15 is 0 Å². The van der Waals surface area contributed by atoms with Crippen LogP contribution < -0.4 is 16.0 Å². The summed E-state index contributed by atoms with van der Waals surface area (Å²) in [6.45, 7) is 5.28.